The standard InChI is InChI=1S/C26H31FN4O4S/c1-19(2)35-24-9-4-6-21(14-24)17-29-12-10-26(16-20(29)3)18-30(25-28-11-13-34-25)36(32,33)31(26)23-8-5-7-22(27)15-23/h4-9,11,13-15,19-20H,10,12,16-18H2,1-3H3/t20-,26+/m0/s1. The molecule has 1 aromatic heterocycles. The third-order valence-corrected chi connectivity index (χ3v) is 8.77. The number of hydrogen-bond acceptors (Lipinski definition) is 6. The lowest BCUT2D eigenvalue weighted by molar-refractivity contribution is 0.107. The smallest absolute Gasteiger partial charge is 0.330 e. The fourth-order valence-corrected chi connectivity index (χ4v) is 7.39. The van der Waals surface area contributed by atoms with Crippen molar-refractivity contribution in [3.63, 3.8) is 0 Å². The maximum absolute atomic E-state index is 14.2. The van der Waals surface area contributed by atoms with Gasteiger partial charge in [-0.05, 0) is 69.5 Å². The van der Waals surface area contributed by atoms with Crippen LogP contribution in [-0.2, 0) is 16.8 Å². The summed E-state index contributed by atoms with van der Waals surface area (Å²) in [5.74, 6) is 0.353. The van der Waals surface area contributed by atoms with Gasteiger partial charge in [-0.25, -0.2) is 18.0 Å². The predicted octanol–water partition coefficient (Wildman–Crippen LogP) is 4.60. The Balaban J connectivity index is 1.44. The SMILES string of the molecule is CC(C)Oc1cccc(CN2CC[C@@]3(C[C@@H]2C)CN(c2ncco2)S(=O)(=O)N3c2cccc(F)c2)c1. The van der Waals surface area contributed by atoms with E-state index in [2.05, 4.69) is 28.9 Å². The topological polar surface area (TPSA) is 79.1 Å². The van der Waals surface area contributed by atoms with Crippen LogP contribution in [0.5, 0.6) is 5.75 Å². The van der Waals surface area contributed by atoms with Crippen molar-refractivity contribution in [1.82, 2.24) is 9.88 Å². The Kier molecular flexibility index (Phi) is 6.42. The molecular formula is C26H31FN4O4S. The monoisotopic (exact) mass is 514 g/mol. The largest absolute Gasteiger partial charge is 0.491 e. The first-order valence-electron chi connectivity index (χ1n) is 12.2. The van der Waals surface area contributed by atoms with Gasteiger partial charge in [-0.3, -0.25) is 4.90 Å². The molecule has 192 valence electrons. The van der Waals surface area contributed by atoms with Crippen molar-refractivity contribution in [2.45, 2.75) is 57.8 Å². The lowest BCUT2D eigenvalue weighted by Crippen LogP contribution is -2.57. The Morgan fingerprint density at radius 2 is 2.03 bits per heavy atom. The summed E-state index contributed by atoms with van der Waals surface area (Å²) < 4.78 is 55.6. The first-order valence-corrected chi connectivity index (χ1v) is 13.6. The zero-order valence-corrected chi connectivity index (χ0v) is 21.5. The predicted molar refractivity (Wildman–Crippen MR) is 136 cm³/mol. The van der Waals surface area contributed by atoms with E-state index in [4.69, 9.17) is 9.15 Å². The number of piperidine rings is 1. The summed E-state index contributed by atoms with van der Waals surface area (Å²) in [5, 5.41) is 0. The van der Waals surface area contributed by atoms with E-state index in [1.54, 1.807) is 6.07 Å². The van der Waals surface area contributed by atoms with Gasteiger partial charge in [0, 0.05) is 19.1 Å². The Morgan fingerprint density at radius 1 is 1.22 bits per heavy atom. The van der Waals surface area contributed by atoms with Crippen molar-refractivity contribution in [2.24, 2.45) is 0 Å². The van der Waals surface area contributed by atoms with Crippen LogP contribution in [0.15, 0.2) is 65.4 Å². The van der Waals surface area contributed by atoms with Crippen molar-refractivity contribution < 1.29 is 22.0 Å². The molecule has 2 fully saturated rings. The second-order valence-corrected chi connectivity index (χ2v) is 11.6. The van der Waals surface area contributed by atoms with E-state index >= 15 is 0 Å². The number of aromatic nitrogens is 1. The molecule has 0 aliphatic carbocycles. The molecule has 2 atom stereocenters. The van der Waals surface area contributed by atoms with E-state index < -0.39 is 21.6 Å². The Morgan fingerprint density at radius 3 is 2.72 bits per heavy atom. The van der Waals surface area contributed by atoms with Gasteiger partial charge < -0.3 is 9.15 Å². The molecule has 2 saturated heterocycles. The van der Waals surface area contributed by atoms with Gasteiger partial charge in [0.05, 0.1) is 30.1 Å². The highest BCUT2D eigenvalue weighted by atomic mass is 32.2. The van der Waals surface area contributed by atoms with E-state index in [9.17, 15) is 12.8 Å². The zero-order chi connectivity index (χ0) is 25.5. The number of likely N-dealkylation sites (tertiary alicyclic amines) is 1. The number of nitrogens with zero attached hydrogens (tertiary/aromatic N) is 4. The molecule has 2 aromatic carbocycles. The molecule has 0 unspecified atom stereocenters. The van der Waals surface area contributed by atoms with Crippen LogP contribution in [0.2, 0.25) is 0 Å². The van der Waals surface area contributed by atoms with Gasteiger partial charge in [0.15, 0.2) is 0 Å². The van der Waals surface area contributed by atoms with Crippen LogP contribution in [0.4, 0.5) is 16.1 Å². The first-order chi connectivity index (χ1) is 17.2. The molecule has 3 aromatic rings. The first kappa shape index (κ1) is 24.6. The third kappa shape index (κ3) is 4.55. The molecule has 0 radical (unpaired) electrons. The summed E-state index contributed by atoms with van der Waals surface area (Å²) in [5.41, 5.74) is 0.682. The van der Waals surface area contributed by atoms with Gasteiger partial charge in [0.2, 0.25) is 0 Å². The summed E-state index contributed by atoms with van der Waals surface area (Å²) in [4.78, 5) is 6.44. The van der Waals surface area contributed by atoms with Gasteiger partial charge in [0.1, 0.15) is 17.8 Å². The van der Waals surface area contributed by atoms with E-state index in [0.717, 1.165) is 17.9 Å². The zero-order valence-electron chi connectivity index (χ0n) is 20.7. The van der Waals surface area contributed by atoms with Crippen molar-refractivity contribution in [3.8, 4) is 5.75 Å². The summed E-state index contributed by atoms with van der Waals surface area (Å²) in [6, 6.07) is 13.9. The van der Waals surface area contributed by atoms with Crippen LogP contribution >= 0.6 is 0 Å². The molecule has 3 heterocycles. The Bertz CT molecular complexity index is 1320. The van der Waals surface area contributed by atoms with Gasteiger partial charge >= 0.3 is 16.2 Å². The molecule has 36 heavy (non-hydrogen) atoms. The van der Waals surface area contributed by atoms with Gasteiger partial charge in [-0.2, -0.15) is 8.42 Å². The number of hydrogen-bond donors (Lipinski definition) is 0. The lowest BCUT2D eigenvalue weighted by Gasteiger charge is -2.46. The summed E-state index contributed by atoms with van der Waals surface area (Å²) in [6.07, 6.45) is 4.02. The molecule has 8 nitrogen and oxygen atoms in total. The molecular weight excluding hydrogens is 483 g/mol. The van der Waals surface area contributed by atoms with Gasteiger partial charge in [-0.1, -0.05) is 18.2 Å². The molecule has 10 heteroatoms. The fraction of sp³-hybridized carbons (Fsp3) is 0.423. The van der Waals surface area contributed by atoms with Crippen molar-refractivity contribution in [2.75, 3.05) is 21.7 Å². The number of anilines is 2. The van der Waals surface area contributed by atoms with E-state index in [1.165, 1.54) is 39.3 Å². The van der Waals surface area contributed by atoms with E-state index in [1.807, 2.05) is 26.0 Å². The van der Waals surface area contributed by atoms with E-state index in [0.29, 0.717) is 25.1 Å². The van der Waals surface area contributed by atoms with Crippen molar-refractivity contribution >= 4 is 21.9 Å². The molecule has 2 aliphatic heterocycles. The van der Waals surface area contributed by atoms with Crippen LogP contribution < -0.4 is 13.3 Å². The number of benzene rings is 2. The number of ether oxygens (including phenoxy) is 1. The molecule has 0 N–H and O–H groups in total. The normalized spacial score (nSPS) is 24.1. The minimum absolute atomic E-state index is 0.0188. The van der Waals surface area contributed by atoms with Crippen molar-refractivity contribution in [1.29, 1.82) is 0 Å². The van der Waals surface area contributed by atoms with Crippen molar-refractivity contribution in [3.05, 3.63) is 72.4 Å². The Hall–Kier alpha value is -3.11. The lowest BCUT2D eigenvalue weighted by atomic mass is 9.82. The summed E-state index contributed by atoms with van der Waals surface area (Å²) in [6.45, 7) is 7.70. The minimum atomic E-state index is -4.04. The van der Waals surface area contributed by atoms with E-state index in [-0.39, 0.29) is 24.7 Å². The van der Waals surface area contributed by atoms with Gasteiger partial charge in [0.25, 0.3) is 0 Å². The summed E-state index contributed by atoms with van der Waals surface area (Å²) >= 11 is 0. The summed E-state index contributed by atoms with van der Waals surface area (Å²) in [7, 11) is -4.04. The molecule has 0 bridgehead atoms. The number of rotatable bonds is 6. The molecule has 0 amide bonds. The van der Waals surface area contributed by atoms with Crippen LogP contribution in [0.1, 0.15) is 39.2 Å². The van der Waals surface area contributed by atoms with Crippen LogP contribution in [-0.4, -0.2) is 49.1 Å². The Labute approximate surface area is 211 Å². The molecule has 1 spiro atoms. The number of halogens is 1. The molecule has 2 aliphatic rings. The molecule has 0 saturated carbocycles. The van der Waals surface area contributed by atoms with Gasteiger partial charge in [-0.15, -0.1) is 0 Å². The van der Waals surface area contributed by atoms with Crippen LogP contribution in [0.3, 0.4) is 0 Å². The molecule has 5 rings (SSSR count). The van der Waals surface area contributed by atoms with Crippen LogP contribution in [0.25, 0.3) is 0 Å². The maximum atomic E-state index is 14.2. The third-order valence-electron chi connectivity index (χ3n) is 6.87. The maximum Gasteiger partial charge on any atom is 0.330 e. The second-order valence-electron chi connectivity index (χ2n) is 9.89. The average Bonchev–Trinajstić information content (AvgIpc) is 3.40. The average molecular weight is 515 g/mol. The number of oxazole rings is 1. The second kappa shape index (κ2) is 9.40. The van der Waals surface area contributed by atoms with Crippen LogP contribution in [0, 0.1) is 5.82 Å². The fourth-order valence-electron chi connectivity index (χ4n) is 5.41. The quantitative estimate of drug-likeness (QED) is 0.479. The minimum Gasteiger partial charge on any atom is -0.491 e. The highest BCUT2D eigenvalue weighted by molar-refractivity contribution is 7.94. The highest BCUT2D eigenvalue weighted by Gasteiger charge is 2.58. The highest BCUT2D eigenvalue weighted by Crippen LogP contribution is 2.45.